The SMILES string of the molecule is CC(C)CCNc1ccc(C#N)cc1. The van der Waals surface area contributed by atoms with E-state index in [1.807, 2.05) is 24.3 Å². The molecule has 1 aromatic carbocycles. The van der Waals surface area contributed by atoms with Crippen molar-refractivity contribution in [3.8, 4) is 6.07 Å². The van der Waals surface area contributed by atoms with Crippen molar-refractivity contribution >= 4 is 5.69 Å². The molecular weight excluding hydrogens is 172 g/mol. The molecule has 0 amide bonds. The molecule has 74 valence electrons. The van der Waals surface area contributed by atoms with Gasteiger partial charge in [0, 0.05) is 12.2 Å². The molecule has 0 heterocycles. The standard InChI is InChI=1S/C12H16N2/c1-10(2)7-8-14-12-5-3-11(9-13)4-6-12/h3-6,10,14H,7-8H2,1-2H3. The quantitative estimate of drug-likeness (QED) is 0.788. The van der Waals surface area contributed by atoms with Gasteiger partial charge in [-0.1, -0.05) is 13.8 Å². The van der Waals surface area contributed by atoms with Crippen LogP contribution in [-0.2, 0) is 0 Å². The predicted molar refractivity (Wildman–Crippen MR) is 59.1 cm³/mol. The molecule has 2 nitrogen and oxygen atoms in total. The number of benzene rings is 1. The second kappa shape index (κ2) is 5.29. The summed E-state index contributed by atoms with van der Waals surface area (Å²) in [6.45, 7) is 5.41. The Morgan fingerprint density at radius 1 is 1.29 bits per heavy atom. The van der Waals surface area contributed by atoms with Gasteiger partial charge in [-0.15, -0.1) is 0 Å². The van der Waals surface area contributed by atoms with Gasteiger partial charge in [0.15, 0.2) is 0 Å². The van der Waals surface area contributed by atoms with Gasteiger partial charge in [0.2, 0.25) is 0 Å². The van der Waals surface area contributed by atoms with Crippen LogP contribution in [0.1, 0.15) is 25.8 Å². The highest BCUT2D eigenvalue weighted by atomic mass is 14.9. The van der Waals surface area contributed by atoms with E-state index in [1.54, 1.807) is 0 Å². The number of nitrogens with one attached hydrogen (secondary N) is 1. The Morgan fingerprint density at radius 3 is 2.43 bits per heavy atom. The molecule has 0 fully saturated rings. The Kier molecular flexibility index (Phi) is 4.00. The molecular formula is C12H16N2. The summed E-state index contributed by atoms with van der Waals surface area (Å²) in [7, 11) is 0. The summed E-state index contributed by atoms with van der Waals surface area (Å²) < 4.78 is 0. The molecule has 0 atom stereocenters. The van der Waals surface area contributed by atoms with Crippen LogP contribution in [0.15, 0.2) is 24.3 Å². The molecule has 0 unspecified atom stereocenters. The van der Waals surface area contributed by atoms with Crippen LogP contribution in [0, 0.1) is 17.2 Å². The second-order valence-electron chi connectivity index (χ2n) is 3.80. The van der Waals surface area contributed by atoms with Crippen LogP contribution in [0.5, 0.6) is 0 Å². The van der Waals surface area contributed by atoms with Crippen molar-refractivity contribution in [2.75, 3.05) is 11.9 Å². The van der Waals surface area contributed by atoms with Gasteiger partial charge in [-0.05, 0) is 36.6 Å². The third-order valence-corrected chi connectivity index (χ3v) is 2.06. The summed E-state index contributed by atoms with van der Waals surface area (Å²) in [5.41, 5.74) is 1.80. The number of anilines is 1. The molecule has 0 aliphatic carbocycles. The largest absolute Gasteiger partial charge is 0.385 e. The molecule has 0 aromatic heterocycles. The van der Waals surface area contributed by atoms with Crippen molar-refractivity contribution in [1.29, 1.82) is 5.26 Å². The Labute approximate surface area is 85.6 Å². The predicted octanol–water partition coefficient (Wildman–Crippen LogP) is 3.02. The lowest BCUT2D eigenvalue weighted by molar-refractivity contribution is 0.607. The fourth-order valence-electron chi connectivity index (χ4n) is 1.17. The zero-order valence-electron chi connectivity index (χ0n) is 8.75. The number of nitrogens with zero attached hydrogens (tertiary/aromatic N) is 1. The molecule has 0 saturated carbocycles. The number of rotatable bonds is 4. The van der Waals surface area contributed by atoms with E-state index in [0.29, 0.717) is 5.56 Å². The van der Waals surface area contributed by atoms with Crippen LogP contribution in [0.4, 0.5) is 5.69 Å². The zero-order chi connectivity index (χ0) is 10.4. The van der Waals surface area contributed by atoms with Gasteiger partial charge in [0.25, 0.3) is 0 Å². The lowest BCUT2D eigenvalue weighted by Crippen LogP contribution is -2.04. The average molecular weight is 188 g/mol. The average Bonchev–Trinajstić information content (AvgIpc) is 2.18. The van der Waals surface area contributed by atoms with E-state index in [9.17, 15) is 0 Å². The summed E-state index contributed by atoms with van der Waals surface area (Å²) in [5.74, 6) is 0.723. The first-order chi connectivity index (χ1) is 6.72. The lowest BCUT2D eigenvalue weighted by Gasteiger charge is -2.07. The van der Waals surface area contributed by atoms with Gasteiger partial charge in [-0.25, -0.2) is 0 Å². The fraction of sp³-hybridized carbons (Fsp3) is 0.417. The summed E-state index contributed by atoms with van der Waals surface area (Å²) in [4.78, 5) is 0. The van der Waals surface area contributed by atoms with E-state index in [4.69, 9.17) is 5.26 Å². The zero-order valence-corrected chi connectivity index (χ0v) is 8.75. The maximum Gasteiger partial charge on any atom is 0.0991 e. The van der Waals surface area contributed by atoms with Crippen LogP contribution < -0.4 is 5.32 Å². The molecule has 0 radical (unpaired) electrons. The number of nitriles is 1. The van der Waals surface area contributed by atoms with E-state index in [2.05, 4.69) is 25.2 Å². The van der Waals surface area contributed by atoms with E-state index in [-0.39, 0.29) is 0 Å². The van der Waals surface area contributed by atoms with Crippen LogP contribution >= 0.6 is 0 Å². The van der Waals surface area contributed by atoms with Crippen LogP contribution in [-0.4, -0.2) is 6.54 Å². The fourth-order valence-corrected chi connectivity index (χ4v) is 1.17. The lowest BCUT2D eigenvalue weighted by atomic mass is 10.1. The smallest absolute Gasteiger partial charge is 0.0991 e. The van der Waals surface area contributed by atoms with Gasteiger partial charge >= 0.3 is 0 Å². The van der Waals surface area contributed by atoms with E-state index >= 15 is 0 Å². The monoisotopic (exact) mass is 188 g/mol. The minimum absolute atomic E-state index is 0.708. The maximum absolute atomic E-state index is 8.61. The van der Waals surface area contributed by atoms with Gasteiger partial charge in [-0.3, -0.25) is 0 Å². The van der Waals surface area contributed by atoms with E-state index in [1.165, 1.54) is 6.42 Å². The van der Waals surface area contributed by atoms with E-state index < -0.39 is 0 Å². The first-order valence-electron chi connectivity index (χ1n) is 4.96. The van der Waals surface area contributed by atoms with E-state index in [0.717, 1.165) is 18.2 Å². The minimum atomic E-state index is 0.708. The van der Waals surface area contributed by atoms with Crippen molar-refractivity contribution in [1.82, 2.24) is 0 Å². The highest BCUT2D eigenvalue weighted by molar-refractivity contribution is 5.46. The molecule has 1 rings (SSSR count). The van der Waals surface area contributed by atoms with Crippen LogP contribution in [0.3, 0.4) is 0 Å². The van der Waals surface area contributed by atoms with Gasteiger partial charge in [-0.2, -0.15) is 5.26 Å². The normalized spacial score (nSPS) is 9.86. The van der Waals surface area contributed by atoms with Crippen molar-refractivity contribution in [2.45, 2.75) is 20.3 Å². The summed E-state index contributed by atoms with van der Waals surface area (Å²) in [6, 6.07) is 9.65. The Bertz CT molecular complexity index is 306. The third kappa shape index (κ3) is 3.49. The van der Waals surface area contributed by atoms with Crippen LogP contribution in [0.25, 0.3) is 0 Å². The second-order valence-corrected chi connectivity index (χ2v) is 3.80. The molecule has 0 saturated heterocycles. The highest BCUT2D eigenvalue weighted by Gasteiger charge is 1.95. The number of hydrogen-bond donors (Lipinski definition) is 1. The molecule has 1 aromatic rings. The molecule has 1 N–H and O–H groups in total. The molecule has 2 heteroatoms. The summed E-state index contributed by atoms with van der Waals surface area (Å²) in [6.07, 6.45) is 1.17. The summed E-state index contributed by atoms with van der Waals surface area (Å²) >= 11 is 0. The Balaban J connectivity index is 2.41. The Hall–Kier alpha value is -1.49. The van der Waals surface area contributed by atoms with Gasteiger partial charge in [0.1, 0.15) is 0 Å². The van der Waals surface area contributed by atoms with Crippen molar-refractivity contribution < 1.29 is 0 Å². The molecule has 14 heavy (non-hydrogen) atoms. The first-order valence-corrected chi connectivity index (χ1v) is 4.96. The van der Waals surface area contributed by atoms with Crippen molar-refractivity contribution in [3.63, 3.8) is 0 Å². The third-order valence-electron chi connectivity index (χ3n) is 2.06. The molecule has 0 spiro atoms. The molecule has 0 aliphatic heterocycles. The van der Waals surface area contributed by atoms with Crippen LogP contribution in [0.2, 0.25) is 0 Å². The molecule has 0 bridgehead atoms. The number of hydrogen-bond acceptors (Lipinski definition) is 2. The van der Waals surface area contributed by atoms with Crippen molar-refractivity contribution in [2.24, 2.45) is 5.92 Å². The summed E-state index contributed by atoms with van der Waals surface area (Å²) in [5, 5.41) is 11.9. The first kappa shape index (κ1) is 10.6. The minimum Gasteiger partial charge on any atom is -0.385 e. The van der Waals surface area contributed by atoms with Gasteiger partial charge < -0.3 is 5.32 Å². The van der Waals surface area contributed by atoms with Gasteiger partial charge in [0.05, 0.1) is 11.6 Å². The Morgan fingerprint density at radius 2 is 1.93 bits per heavy atom. The maximum atomic E-state index is 8.61. The topological polar surface area (TPSA) is 35.8 Å². The van der Waals surface area contributed by atoms with Crippen molar-refractivity contribution in [3.05, 3.63) is 29.8 Å². The molecule has 0 aliphatic rings. The highest BCUT2D eigenvalue weighted by Crippen LogP contribution is 2.09.